The third kappa shape index (κ3) is 3.97. The number of rotatable bonds is 1. The van der Waals surface area contributed by atoms with Crippen LogP contribution in [0.1, 0.15) is 31.1 Å². The van der Waals surface area contributed by atoms with Crippen molar-refractivity contribution >= 4 is 0 Å². The van der Waals surface area contributed by atoms with Crippen molar-refractivity contribution in [3.8, 4) is 11.4 Å². The van der Waals surface area contributed by atoms with Crippen LogP contribution in [0, 0.1) is 13.8 Å². The molecule has 0 fully saturated rings. The Bertz CT molecular complexity index is 545. The molecule has 108 valence electrons. The van der Waals surface area contributed by atoms with Crippen LogP contribution in [0.3, 0.4) is 0 Å². The molecular formula is C13H15F3N4. The van der Waals surface area contributed by atoms with Gasteiger partial charge in [0.15, 0.2) is 5.82 Å². The lowest BCUT2D eigenvalue weighted by Crippen LogP contribution is -2.10. The molecule has 2 heterocycles. The van der Waals surface area contributed by atoms with Gasteiger partial charge in [0.1, 0.15) is 0 Å². The first-order valence-electron chi connectivity index (χ1n) is 6.08. The SMILES string of the molecule is CC.Cc1cc(C)nc(-c2cnc(C(F)(F)F)nc2)n1. The van der Waals surface area contributed by atoms with Gasteiger partial charge < -0.3 is 0 Å². The molecule has 0 saturated carbocycles. The maximum atomic E-state index is 12.3. The Kier molecular flexibility index (Phi) is 5.12. The number of hydrogen-bond acceptors (Lipinski definition) is 4. The van der Waals surface area contributed by atoms with Gasteiger partial charge in [-0.2, -0.15) is 13.2 Å². The van der Waals surface area contributed by atoms with Crippen LogP contribution in [0.15, 0.2) is 18.5 Å². The highest BCUT2D eigenvalue weighted by molar-refractivity contribution is 5.52. The highest BCUT2D eigenvalue weighted by atomic mass is 19.4. The van der Waals surface area contributed by atoms with E-state index in [0.29, 0.717) is 11.4 Å². The quantitative estimate of drug-likeness (QED) is 0.803. The monoisotopic (exact) mass is 284 g/mol. The lowest BCUT2D eigenvalue weighted by atomic mass is 10.3. The second kappa shape index (κ2) is 6.40. The van der Waals surface area contributed by atoms with Crippen LogP contribution >= 0.6 is 0 Å². The second-order valence-corrected chi connectivity index (χ2v) is 3.77. The van der Waals surface area contributed by atoms with Crippen LogP contribution in [0.25, 0.3) is 11.4 Å². The largest absolute Gasteiger partial charge is 0.451 e. The van der Waals surface area contributed by atoms with Crippen molar-refractivity contribution in [3.63, 3.8) is 0 Å². The first-order valence-corrected chi connectivity index (χ1v) is 6.08. The summed E-state index contributed by atoms with van der Waals surface area (Å²) < 4.78 is 36.9. The van der Waals surface area contributed by atoms with E-state index in [1.165, 1.54) is 0 Å². The zero-order valence-electron chi connectivity index (χ0n) is 11.7. The zero-order valence-corrected chi connectivity index (χ0v) is 11.7. The molecule has 0 aliphatic heterocycles. The molecule has 4 nitrogen and oxygen atoms in total. The van der Waals surface area contributed by atoms with Gasteiger partial charge in [0, 0.05) is 23.8 Å². The smallest absolute Gasteiger partial charge is 0.233 e. The van der Waals surface area contributed by atoms with Crippen LogP contribution in [0.5, 0.6) is 0 Å². The third-order valence-electron chi connectivity index (χ3n) is 2.15. The maximum absolute atomic E-state index is 12.3. The summed E-state index contributed by atoms with van der Waals surface area (Å²) in [4.78, 5) is 14.8. The van der Waals surface area contributed by atoms with Crippen molar-refractivity contribution in [2.75, 3.05) is 0 Å². The Morgan fingerprint density at radius 3 is 1.75 bits per heavy atom. The van der Waals surface area contributed by atoms with Crippen molar-refractivity contribution in [1.29, 1.82) is 0 Å². The topological polar surface area (TPSA) is 51.6 Å². The summed E-state index contributed by atoms with van der Waals surface area (Å²) in [5, 5.41) is 0. The van der Waals surface area contributed by atoms with Crippen molar-refractivity contribution in [3.05, 3.63) is 35.7 Å². The summed E-state index contributed by atoms with van der Waals surface area (Å²) in [7, 11) is 0. The summed E-state index contributed by atoms with van der Waals surface area (Å²) in [5.74, 6) is -0.850. The average Bonchev–Trinajstić information content (AvgIpc) is 2.39. The lowest BCUT2D eigenvalue weighted by Gasteiger charge is -2.05. The minimum absolute atomic E-state index is 0.321. The predicted octanol–water partition coefficient (Wildman–Crippen LogP) is 3.60. The van der Waals surface area contributed by atoms with Gasteiger partial charge in [-0.15, -0.1) is 0 Å². The fourth-order valence-electron chi connectivity index (χ4n) is 1.44. The van der Waals surface area contributed by atoms with E-state index in [0.717, 1.165) is 23.8 Å². The molecule has 2 aromatic heterocycles. The number of hydrogen-bond donors (Lipinski definition) is 0. The average molecular weight is 284 g/mol. The van der Waals surface area contributed by atoms with E-state index in [9.17, 15) is 13.2 Å². The van der Waals surface area contributed by atoms with Gasteiger partial charge in [0.25, 0.3) is 0 Å². The van der Waals surface area contributed by atoms with Gasteiger partial charge >= 0.3 is 6.18 Å². The van der Waals surface area contributed by atoms with Gasteiger partial charge in [-0.05, 0) is 19.9 Å². The third-order valence-corrected chi connectivity index (χ3v) is 2.15. The Labute approximate surface area is 115 Å². The molecule has 0 unspecified atom stereocenters. The van der Waals surface area contributed by atoms with Crippen LogP contribution in [-0.2, 0) is 6.18 Å². The van der Waals surface area contributed by atoms with Crippen LogP contribution in [-0.4, -0.2) is 19.9 Å². The molecule has 0 saturated heterocycles. The van der Waals surface area contributed by atoms with Gasteiger partial charge in [-0.1, -0.05) is 13.8 Å². The molecule has 7 heteroatoms. The Morgan fingerprint density at radius 2 is 1.35 bits per heavy atom. The van der Waals surface area contributed by atoms with Crippen molar-refractivity contribution in [2.24, 2.45) is 0 Å². The molecule has 0 aromatic carbocycles. The Morgan fingerprint density at radius 1 is 0.900 bits per heavy atom. The standard InChI is InChI=1S/C11H9F3N4.C2H6/c1-6-3-7(2)18-9(17-6)8-4-15-10(16-5-8)11(12,13)14;1-2/h3-5H,1-2H3;1-2H3. The predicted molar refractivity (Wildman–Crippen MR) is 68.9 cm³/mol. The minimum Gasteiger partial charge on any atom is -0.233 e. The van der Waals surface area contributed by atoms with E-state index in [2.05, 4.69) is 19.9 Å². The maximum Gasteiger partial charge on any atom is 0.451 e. The van der Waals surface area contributed by atoms with Gasteiger partial charge in [-0.3, -0.25) is 0 Å². The Hall–Kier alpha value is -2.05. The van der Waals surface area contributed by atoms with Crippen LogP contribution in [0.2, 0.25) is 0 Å². The number of halogens is 3. The molecule has 0 aliphatic rings. The minimum atomic E-state index is -4.54. The molecule has 2 rings (SSSR count). The summed E-state index contributed by atoms with van der Waals surface area (Å²) in [6, 6.07) is 1.77. The molecule has 0 radical (unpaired) electrons. The summed E-state index contributed by atoms with van der Waals surface area (Å²) in [6.45, 7) is 7.56. The highest BCUT2D eigenvalue weighted by Gasteiger charge is 2.34. The Balaban J connectivity index is 0.000000956. The number of aromatic nitrogens is 4. The lowest BCUT2D eigenvalue weighted by molar-refractivity contribution is -0.144. The van der Waals surface area contributed by atoms with E-state index in [4.69, 9.17) is 0 Å². The summed E-state index contributed by atoms with van der Waals surface area (Å²) in [6.07, 6.45) is -2.39. The van der Waals surface area contributed by atoms with E-state index in [1.807, 2.05) is 13.8 Å². The zero-order chi connectivity index (χ0) is 15.3. The number of aryl methyl sites for hydroxylation is 2. The van der Waals surface area contributed by atoms with E-state index in [-0.39, 0.29) is 0 Å². The fourth-order valence-corrected chi connectivity index (χ4v) is 1.44. The molecule has 0 spiro atoms. The molecule has 0 amide bonds. The summed E-state index contributed by atoms with van der Waals surface area (Å²) in [5.41, 5.74) is 1.82. The van der Waals surface area contributed by atoms with Crippen molar-refractivity contribution < 1.29 is 13.2 Å². The first kappa shape index (κ1) is 16.0. The molecule has 20 heavy (non-hydrogen) atoms. The van der Waals surface area contributed by atoms with Gasteiger partial charge in [0.2, 0.25) is 5.82 Å². The summed E-state index contributed by atoms with van der Waals surface area (Å²) >= 11 is 0. The van der Waals surface area contributed by atoms with Crippen molar-refractivity contribution in [2.45, 2.75) is 33.9 Å². The normalized spacial score (nSPS) is 10.8. The number of alkyl halides is 3. The van der Waals surface area contributed by atoms with E-state index in [1.54, 1.807) is 19.9 Å². The van der Waals surface area contributed by atoms with Crippen molar-refractivity contribution in [1.82, 2.24) is 19.9 Å². The molecule has 0 aliphatic carbocycles. The van der Waals surface area contributed by atoms with Gasteiger partial charge in [0.05, 0.1) is 5.56 Å². The number of nitrogens with zero attached hydrogens (tertiary/aromatic N) is 4. The second-order valence-electron chi connectivity index (χ2n) is 3.77. The molecule has 2 aromatic rings. The molecule has 0 atom stereocenters. The fraction of sp³-hybridized carbons (Fsp3) is 0.385. The van der Waals surface area contributed by atoms with Crippen LogP contribution in [0.4, 0.5) is 13.2 Å². The van der Waals surface area contributed by atoms with Crippen LogP contribution < -0.4 is 0 Å². The molecule has 0 N–H and O–H groups in total. The van der Waals surface area contributed by atoms with Gasteiger partial charge in [-0.25, -0.2) is 19.9 Å². The molecular weight excluding hydrogens is 269 g/mol. The highest BCUT2D eigenvalue weighted by Crippen LogP contribution is 2.26. The van der Waals surface area contributed by atoms with E-state index < -0.39 is 12.0 Å². The first-order chi connectivity index (χ1) is 9.36. The van der Waals surface area contributed by atoms with E-state index >= 15 is 0 Å². The molecule has 0 bridgehead atoms.